The lowest BCUT2D eigenvalue weighted by Gasteiger charge is -2.41. The van der Waals surface area contributed by atoms with E-state index in [0.717, 1.165) is 36.9 Å². The third-order valence-corrected chi connectivity index (χ3v) is 4.23. The highest BCUT2D eigenvalue weighted by Crippen LogP contribution is 2.62. The molecule has 0 amide bonds. The second-order valence-electron chi connectivity index (χ2n) is 4.51. The maximum atomic E-state index is 5.69. The van der Waals surface area contributed by atoms with Crippen LogP contribution < -0.4 is 0 Å². The van der Waals surface area contributed by atoms with Gasteiger partial charge in [-0.15, -0.1) is 0 Å². The smallest absolute Gasteiger partial charge is 0.0875 e. The molecule has 60 valence electrons. The molecule has 11 heavy (non-hydrogen) atoms. The fourth-order valence-electron chi connectivity index (χ4n) is 3.84. The van der Waals surface area contributed by atoms with Gasteiger partial charge in [-0.1, -0.05) is 0 Å². The van der Waals surface area contributed by atoms with Gasteiger partial charge in [0.15, 0.2) is 0 Å². The summed E-state index contributed by atoms with van der Waals surface area (Å²) in [4.78, 5) is 0. The Kier molecular flexibility index (Phi) is 0.758. The van der Waals surface area contributed by atoms with Crippen molar-refractivity contribution in [3.8, 4) is 0 Å². The van der Waals surface area contributed by atoms with Crippen LogP contribution in [0.4, 0.5) is 0 Å². The van der Waals surface area contributed by atoms with Gasteiger partial charge in [-0.25, -0.2) is 0 Å². The molecule has 6 atom stereocenters. The van der Waals surface area contributed by atoms with E-state index >= 15 is 0 Å². The molecule has 2 saturated carbocycles. The van der Waals surface area contributed by atoms with Gasteiger partial charge in [0.25, 0.3) is 0 Å². The summed E-state index contributed by atoms with van der Waals surface area (Å²) in [5.74, 6) is 3.64. The van der Waals surface area contributed by atoms with Crippen LogP contribution in [-0.4, -0.2) is 25.4 Å². The van der Waals surface area contributed by atoms with Crippen molar-refractivity contribution < 1.29 is 9.47 Å². The molecule has 2 nitrogen and oxygen atoms in total. The summed E-state index contributed by atoms with van der Waals surface area (Å²) in [7, 11) is 0. The van der Waals surface area contributed by atoms with Crippen molar-refractivity contribution in [2.75, 3.05) is 13.2 Å². The van der Waals surface area contributed by atoms with Crippen molar-refractivity contribution in [2.24, 2.45) is 23.7 Å². The van der Waals surface area contributed by atoms with Crippen molar-refractivity contribution in [1.82, 2.24) is 0 Å². The minimum absolute atomic E-state index is 0.512. The Morgan fingerprint density at radius 3 is 1.91 bits per heavy atom. The van der Waals surface area contributed by atoms with Crippen LogP contribution in [0.1, 0.15) is 6.42 Å². The van der Waals surface area contributed by atoms with E-state index in [1.54, 1.807) is 0 Å². The SMILES string of the molecule is C1O[C@@H]2C3C1CC1CO[C@H]2C13. The zero-order chi connectivity index (χ0) is 7.00. The molecule has 2 aliphatic heterocycles. The number of hydrogen-bond donors (Lipinski definition) is 0. The molecule has 0 spiro atoms. The van der Waals surface area contributed by atoms with Crippen LogP contribution in [0, 0.1) is 23.7 Å². The lowest BCUT2D eigenvalue weighted by Crippen LogP contribution is -2.51. The van der Waals surface area contributed by atoms with Crippen LogP contribution in [0.2, 0.25) is 0 Å². The van der Waals surface area contributed by atoms with E-state index in [1.165, 1.54) is 6.42 Å². The van der Waals surface area contributed by atoms with Crippen LogP contribution >= 0.6 is 0 Å². The molecule has 0 N–H and O–H groups in total. The van der Waals surface area contributed by atoms with Crippen molar-refractivity contribution in [3.05, 3.63) is 0 Å². The van der Waals surface area contributed by atoms with Crippen molar-refractivity contribution in [3.63, 3.8) is 0 Å². The van der Waals surface area contributed by atoms with Crippen LogP contribution in [0.25, 0.3) is 0 Å². The van der Waals surface area contributed by atoms with Gasteiger partial charge in [0.2, 0.25) is 0 Å². The van der Waals surface area contributed by atoms with Crippen molar-refractivity contribution >= 4 is 0 Å². The summed E-state index contributed by atoms with van der Waals surface area (Å²) in [5.41, 5.74) is 0. The molecule has 4 rings (SSSR count). The molecule has 4 aliphatic rings. The number of hydrogen-bond acceptors (Lipinski definition) is 2. The maximum Gasteiger partial charge on any atom is 0.0875 e. The first kappa shape index (κ1) is 5.55. The predicted octanol–water partition coefficient (Wildman–Crippen LogP) is 0.666. The van der Waals surface area contributed by atoms with E-state index < -0.39 is 0 Å². The summed E-state index contributed by atoms with van der Waals surface area (Å²) in [5, 5.41) is 0. The van der Waals surface area contributed by atoms with Gasteiger partial charge in [-0.3, -0.25) is 0 Å². The Labute approximate surface area is 65.9 Å². The fraction of sp³-hybridized carbons (Fsp3) is 1.00. The zero-order valence-electron chi connectivity index (χ0n) is 6.40. The van der Waals surface area contributed by atoms with E-state index in [4.69, 9.17) is 9.47 Å². The molecular formula is C9H12O2. The zero-order valence-corrected chi connectivity index (χ0v) is 6.40. The Hall–Kier alpha value is -0.0800. The number of ether oxygens (including phenoxy) is 2. The molecule has 0 aromatic rings. The standard InChI is InChI=1S/C9H12O2/c1-4-2-10-8-6(4)7-5(1)3-11-9(7)8/h4-9H,1-3H2/t4?,5?,6?,7?,8-,9+. The van der Waals surface area contributed by atoms with E-state index in [0.29, 0.717) is 12.2 Å². The fourth-order valence-corrected chi connectivity index (χ4v) is 3.84. The molecule has 4 fully saturated rings. The molecule has 0 bridgehead atoms. The average Bonchev–Trinajstić information content (AvgIpc) is 2.37. The molecule has 0 aromatic carbocycles. The Bertz CT molecular complexity index is 194. The summed E-state index contributed by atoms with van der Waals surface area (Å²) >= 11 is 0. The Morgan fingerprint density at radius 1 is 0.818 bits per heavy atom. The second kappa shape index (κ2) is 1.50. The first-order chi connectivity index (χ1) is 5.45. The van der Waals surface area contributed by atoms with E-state index in [-0.39, 0.29) is 0 Å². The normalized spacial score (nSPS) is 69.8. The first-order valence-electron chi connectivity index (χ1n) is 4.68. The van der Waals surface area contributed by atoms with Crippen molar-refractivity contribution in [1.29, 1.82) is 0 Å². The summed E-state index contributed by atoms with van der Waals surface area (Å²) in [6.45, 7) is 2.06. The molecule has 2 aliphatic carbocycles. The summed E-state index contributed by atoms with van der Waals surface area (Å²) in [6.07, 6.45) is 2.41. The van der Waals surface area contributed by atoms with Gasteiger partial charge in [-0.2, -0.15) is 0 Å². The third kappa shape index (κ3) is 0.433. The Morgan fingerprint density at radius 2 is 1.36 bits per heavy atom. The minimum Gasteiger partial charge on any atom is -0.375 e. The lowest BCUT2D eigenvalue weighted by molar-refractivity contribution is -0.119. The third-order valence-electron chi connectivity index (χ3n) is 4.23. The Balaban J connectivity index is 1.83. The van der Waals surface area contributed by atoms with Crippen LogP contribution in [0.15, 0.2) is 0 Å². The first-order valence-corrected chi connectivity index (χ1v) is 4.68. The van der Waals surface area contributed by atoms with Gasteiger partial charge < -0.3 is 9.47 Å². The minimum atomic E-state index is 0.512. The highest BCUT2D eigenvalue weighted by molar-refractivity contribution is 5.15. The van der Waals surface area contributed by atoms with Gasteiger partial charge in [-0.05, 0) is 30.1 Å². The topological polar surface area (TPSA) is 18.5 Å². The highest BCUT2D eigenvalue weighted by atomic mass is 16.6. The van der Waals surface area contributed by atoms with Gasteiger partial charge in [0.1, 0.15) is 0 Å². The van der Waals surface area contributed by atoms with E-state index in [9.17, 15) is 0 Å². The number of rotatable bonds is 0. The lowest BCUT2D eigenvalue weighted by atomic mass is 9.68. The molecule has 4 unspecified atom stereocenters. The molecule has 0 aromatic heterocycles. The molecular weight excluding hydrogens is 140 g/mol. The maximum absolute atomic E-state index is 5.69. The van der Waals surface area contributed by atoms with E-state index in [2.05, 4.69) is 0 Å². The van der Waals surface area contributed by atoms with Gasteiger partial charge in [0.05, 0.1) is 25.4 Å². The van der Waals surface area contributed by atoms with Crippen LogP contribution in [0.5, 0.6) is 0 Å². The number of fused-ring (bicyclic) bond motifs is 1. The summed E-state index contributed by atoms with van der Waals surface area (Å²) < 4.78 is 11.4. The summed E-state index contributed by atoms with van der Waals surface area (Å²) in [6, 6.07) is 0. The van der Waals surface area contributed by atoms with Gasteiger partial charge in [0, 0.05) is 0 Å². The quantitative estimate of drug-likeness (QED) is 0.508. The predicted molar refractivity (Wildman–Crippen MR) is 38.1 cm³/mol. The molecule has 2 saturated heterocycles. The molecule has 2 heterocycles. The van der Waals surface area contributed by atoms with Crippen LogP contribution in [-0.2, 0) is 9.47 Å². The van der Waals surface area contributed by atoms with Crippen molar-refractivity contribution in [2.45, 2.75) is 18.6 Å². The monoisotopic (exact) mass is 152 g/mol. The molecule has 2 heteroatoms. The van der Waals surface area contributed by atoms with Crippen LogP contribution in [0.3, 0.4) is 0 Å². The average molecular weight is 152 g/mol. The molecule has 0 radical (unpaired) electrons. The highest BCUT2D eigenvalue weighted by Gasteiger charge is 2.68. The second-order valence-corrected chi connectivity index (χ2v) is 4.51. The van der Waals surface area contributed by atoms with E-state index in [1.807, 2.05) is 0 Å². The van der Waals surface area contributed by atoms with Gasteiger partial charge >= 0.3 is 0 Å². The largest absolute Gasteiger partial charge is 0.375 e.